The first kappa shape index (κ1) is 12.9. The van der Waals surface area contributed by atoms with Crippen LogP contribution in [-0.2, 0) is 4.79 Å². The van der Waals surface area contributed by atoms with Crippen LogP contribution in [0.4, 0.5) is 0 Å². The Hall–Kier alpha value is -1.12. The van der Waals surface area contributed by atoms with Crippen LogP contribution in [0.2, 0.25) is 0 Å². The van der Waals surface area contributed by atoms with Crippen molar-refractivity contribution >= 4 is 11.6 Å². The van der Waals surface area contributed by atoms with E-state index in [1.54, 1.807) is 6.92 Å². The molecule has 0 aliphatic carbocycles. The number of carbonyl (C=O) groups excluding carboxylic acids is 1. The number of likely N-dealkylation sites (tertiary alicyclic amines) is 1. The van der Waals surface area contributed by atoms with Crippen LogP contribution in [0.5, 0.6) is 0 Å². The third kappa shape index (κ3) is 2.52. The average molecular weight is 222 g/mol. The topological polar surface area (TPSA) is 32.7 Å². The molecule has 0 aromatic rings. The molecule has 1 fully saturated rings. The maximum atomic E-state index is 11.6. The molecule has 1 aliphatic rings. The third-order valence-corrected chi connectivity index (χ3v) is 3.25. The maximum Gasteiger partial charge on any atom is 0.219 e. The van der Waals surface area contributed by atoms with Crippen molar-refractivity contribution in [3.05, 3.63) is 11.1 Å². The summed E-state index contributed by atoms with van der Waals surface area (Å²) >= 11 is 0. The summed E-state index contributed by atoms with van der Waals surface area (Å²) in [5.74, 6) is 0.171. The van der Waals surface area contributed by atoms with Gasteiger partial charge in [0.25, 0.3) is 0 Å². The van der Waals surface area contributed by atoms with E-state index in [9.17, 15) is 4.79 Å². The fraction of sp³-hybridized carbons (Fsp3) is 0.692. The Morgan fingerprint density at radius 3 is 2.31 bits per heavy atom. The lowest BCUT2D eigenvalue weighted by molar-refractivity contribution is -0.128. The Morgan fingerprint density at radius 1 is 1.25 bits per heavy atom. The van der Waals surface area contributed by atoms with E-state index in [-0.39, 0.29) is 11.9 Å². The number of hydrogen-bond donors (Lipinski definition) is 0. The molecule has 0 radical (unpaired) electrons. The van der Waals surface area contributed by atoms with Gasteiger partial charge in [0.15, 0.2) is 0 Å². The van der Waals surface area contributed by atoms with E-state index >= 15 is 0 Å². The van der Waals surface area contributed by atoms with E-state index in [2.05, 4.69) is 18.8 Å². The number of nitrogens with zero attached hydrogens (tertiary/aromatic N) is 2. The van der Waals surface area contributed by atoms with Crippen LogP contribution >= 0.6 is 0 Å². The molecule has 3 nitrogen and oxygen atoms in total. The summed E-state index contributed by atoms with van der Waals surface area (Å²) in [5.41, 5.74) is 3.56. The Balaban J connectivity index is 3.06. The molecule has 0 spiro atoms. The highest BCUT2D eigenvalue weighted by molar-refractivity contribution is 6.00. The van der Waals surface area contributed by atoms with Crippen molar-refractivity contribution in [2.75, 3.05) is 13.6 Å². The first-order valence-corrected chi connectivity index (χ1v) is 5.87. The van der Waals surface area contributed by atoms with Gasteiger partial charge in [-0.3, -0.25) is 9.79 Å². The summed E-state index contributed by atoms with van der Waals surface area (Å²) in [4.78, 5) is 17.8. The molecule has 0 N–H and O–H groups in total. The zero-order chi connectivity index (χ0) is 12.3. The van der Waals surface area contributed by atoms with Gasteiger partial charge >= 0.3 is 0 Å². The lowest BCUT2D eigenvalue weighted by Crippen LogP contribution is -2.37. The van der Waals surface area contributed by atoms with E-state index in [1.807, 2.05) is 18.9 Å². The largest absolute Gasteiger partial charge is 0.336 e. The number of rotatable bonds is 2. The number of hydrogen-bond acceptors (Lipinski definition) is 2. The Bertz CT molecular complexity index is 338. The SMILES string of the molecule is CN=C(C)C(=C(C)C)C1CCCN1C(C)=O. The minimum atomic E-state index is 0.171. The number of allylic oxidation sites excluding steroid dienone is 1. The van der Waals surface area contributed by atoms with Crippen molar-refractivity contribution in [1.29, 1.82) is 0 Å². The summed E-state index contributed by atoms with van der Waals surface area (Å²) in [5, 5.41) is 0. The number of amides is 1. The van der Waals surface area contributed by atoms with Gasteiger partial charge in [-0.2, -0.15) is 0 Å². The molecule has 1 aliphatic heterocycles. The van der Waals surface area contributed by atoms with Crippen molar-refractivity contribution in [3.63, 3.8) is 0 Å². The zero-order valence-electron chi connectivity index (χ0n) is 11.0. The molecule has 1 unspecified atom stereocenters. The van der Waals surface area contributed by atoms with Gasteiger partial charge in [0.1, 0.15) is 0 Å². The van der Waals surface area contributed by atoms with Crippen molar-refractivity contribution in [2.24, 2.45) is 4.99 Å². The molecule has 0 aromatic heterocycles. The smallest absolute Gasteiger partial charge is 0.219 e. The van der Waals surface area contributed by atoms with E-state index in [1.165, 1.54) is 11.1 Å². The summed E-state index contributed by atoms with van der Waals surface area (Å²) < 4.78 is 0. The maximum absolute atomic E-state index is 11.6. The predicted molar refractivity (Wildman–Crippen MR) is 67.8 cm³/mol. The van der Waals surface area contributed by atoms with Crippen LogP contribution < -0.4 is 0 Å². The van der Waals surface area contributed by atoms with Crippen molar-refractivity contribution in [2.45, 2.75) is 46.6 Å². The van der Waals surface area contributed by atoms with Crippen LogP contribution in [0.15, 0.2) is 16.1 Å². The standard InChI is InChI=1S/C13H22N2O/c1-9(2)13(10(3)14-5)12-7-6-8-15(12)11(4)16/h12H,6-8H2,1-5H3. The van der Waals surface area contributed by atoms with Crippen LogP contribution in [0.1, 0.15) is 40.5 Å². The molecule has 1 amide bonds. The molecule has 0 aromatic carbocycles. The molecular formula is C13H22N2O. The molecule has 0 saturated carbocycles. The molecule has 3 heteroatoms. The van der Waals surface area contributed by atoms with E-state index in [4.69, 9.17) is 0 Å². The Kier molecular flexibility index (Phi) is 4.27. The summed E-state index contributed by atoms with van der Waals surface area (Å²) in [6.45, 7) is 8.76. The fourth-order valence-electron chi connectivity index (χ4n) is 2.50. The number of carbonyl (C=O) groups is 1. The van der Waals surface area contributed by atoms with Gasteiger partial charge in [0, 0.05) is 26.2 Å². The minimum Gasteiger partial charge on any atom is -0.336 e. The van der Waals surface area contributed by atoms with Gasteiger partial charge in [-0.05, 0) is 39.2 Å². The van der Waals surface area contributed by atoms with Gasteiger partial charge in [0.05, 0.1) is 6.04 Å². The van der Waals surface area contributed by atoms with Gasteiger partial charge in [-0.25, -0.2) is 0 Å². The van der Waals surface area contributed by atoms with Crippen molar-refractivity contribution < 1.29 is 4.79 Å². The van der Waals surface area contributed by atoms with Gasteiger partial charge in [-0.15, -0.1) is 0 Å². The highest BCUT2D eigenvalue weighted by atomic mass is 16.2. The summed E-state index contributed by atoms with van der Waals surface area (Å²) in [6.07, 6.45) is 2.16. The summed E-state index contributed by atoms with van der Waals surface area (Å²) in [7, 11) is 1.81. The monoisotopic (exact) mass is 222 g/mol. The van der Waals surface area contributed by atoms with Crippen molar-refractivity contribution in [3.8, 4) is 0 Å². The Morgan fingerprint density at radius 2 is 1.88 bits per heavy atom. The second-order valence-corrected chi connectivity index (χ2v) is 4.59. The molecule has 16 heavy (non-hydrogen) atoms. The average Bonchev–Trinajstić information content (AvgIpc) is 2.66. The first-order valence-electron chi connectivity index (χ1n) is 5.87. The van der Waals surface area contributed by atoms with Gasteiger partial charge < -0.3 is 4.90 Å². The molecule has 1 heterocycles. The number of aliphatic imine (C=N–C) groups is 1. The fourth-order valence-corrected chi connectivity index (χ4v) is 2.50. The Labute approximate surface area is 98.2 Å². The second kappa shape index (κ2) is 5.28. The molecule has 1 saturated heterocycles. The molecule has 1 atom stereocenters. The van der Waals surface area contributed by atoms with Crippen LogP contribution in [-0.4, -0.2) is 36.2 Å². The molecule has 0 bridgehead atoms. The van der Waals surface area contributed by atoms with E-state index in [0.717, 1.165) is 25.1 Å². The lowest BCUT2D eigenvalue weighted by atomic mass is 9.96. The quantitative estimate of drug-likeness (QED) is 0.660. The van der Waals surface area contributed by atoms with Crippen molar-refractivity contribution in [1.82, 2.24) is 4.90 Å². The molecule has 90 valence electrons. The molecular weight excluding hydrogens is 200 g/mol. The van der Waals surface area contributed by atoms with Crippen LogP contribution in [0, 0.1) is 0 Å². The highest BCUT2D eigenvalue weighted by Gasteiger charge is 2.30. The predicted octanol–water partition coefficient (Wildman–Crippen LogP) is 2.42. The first-order chi connectivity index (χ1) is 7.49. The van der Waals surface area contributed by atoms with E-state index < -0.39 is 0 Å². The lowest BCUT2D eigenvalue weighted by Gasteiger charge is -2.27. The third-order valence-electron chi connectivity index (χ3n) is 3.25. The van der Waals surface area contributed by atoms with Gasteiger partial charge in [-0.1, -0.05) is 5.57 Å². The van der Waals surface area contributed by atoms with Gasteiger partial charge in [0.2, 0.25) is 5.91 Å². The van der Waals surface area contributed by atoms with Crippen LogP contribution in [0.3, 0.4) is 0 Å². The second-order valence-electron chi connectivity index (χ2n) is 4.59. The zero-order valence-corrected chi connectivity index (χ0v) is 11.0. The molecule has 1 rings (SSSR count). The van der Waals surface area contributed by atoms with Crippen LogP contribution in [0.25, 0.3) is 0 Å². The summed E-state index contributed by atoms with van der Waals surface area (Å²) in [6, 6.07) is 0.242. The highest BCUT2D eigenvalue weighted by Crippen LogP contribution is 2.26. The minimum absolute atomic E-state index is 0.171. The normalized spacial score (nSPS) is 21.2. The van der Waals surface area contributed by atoms with E-state index in [0.29, 0.717) is 0 Å².